The third-order valence-corrected chi connectivity index (χ3v) is 3.56. The average Bonchev–Trinajstić information content (AvgIpc) is 3.02. The van der Waals surface area contributed by atoms with E-state index in [1.165, 1.54) is 30.9 Å². The van der Waals surface area contributed by atoms with Crippen LogP contribution in [0.15, 0.2) is 21.4 Å². The summed E-state index contributed by atoms with van der Waals surface area (Å²) in [5.41, 5.74) is 0.976. The van der Waals surface area contributed by atoms with Crippen LogP contribution in [-0.2, 0) is 0 Å². The molecule has 2 aliphatic rings. The molecular weight excluding hydrogens is 235 g/mol. The van der Waals surface area contributed by atoms with Crippen molar-refractivity contribution < 1.29 is 4.39 Å². The zero-order valence-corrected chi connectivity index (χ0v) is 9.35. The molecule has 0 saturated heterocycles. The van der Waals surface area contributed by atoms with Gasteiger partial charge in [-0.15, -0.1) is 0 Å². The summed E-state index contributed by atoms with van der Waals surface area (Å²) < 4.78 is 17.4. The van der Waals surface area contributed by atoms with Gasteiger partial charge in [-0.25, -0.2) is 8.79 Å². The Hall–Kier alpha value is -0.740. The molecule has 1 aromatic carbocycles. The Morgan fingerprint density at radius 2 is 2.27 bits per heavy atom. The summed E-state index contributed by atoms with van der Waals surface area (Å²) in [7, 11) is 0. The minimum absolute atomic E-state index is 0.176. The maximum absolute atomic E-state index is 13.2. The molecule has 0 aromatic heterocycles. The fourth-order valence-corrected chi connectivity index (χ4v) is 2.46. The topological polar surface area (TPSA) is 15.6 Å². The van der Waals surface area contributed by atoms with Crippen LogP contribution in [0, 0.1) is 5.82 Å². The molecule has 3 rings (SSSR count). The molecule has 0 amide bonds. The summed E-state index contributed by atoms with van der Waals surface area (Å²) in [6.07, 6.45) is 4.15. The molecule has 5 heteroatoms. The Morgan fingerprint density at radius 1 is 1.47 bits per heavy atom. The van der Waals surface area contributed by atoms with Crippen LogP contribution in [0.4, 0.5) is 10.1 Å². The van der Waals surface area contributed by atoms with Crippen molar-refractivity contribution in [1.29, 1.82) is 0 Å². The van der Waals surface area contributed by atoms with E-state index in [4.69, 9.17) is 11.6 Å². The SMILES string of the molecule is Fc1cc2c(cc1Cl)N(C1CC1)C=NS2. The molecule has 0 bridgehead atoms. The molecule has 1 saturated carbocycles. The first-order valence-electron chi connectivity index (χ1n) is 4.73. The molecular formula is C10H8ClFN2S. The van der Waals surface area contributed by atoms with Crippen molar-refractivity contribution in [2.75, 3.05) is 4.90 Å². The van der Waals surface area contributed by atoms with Crippen LogP contribution >= 0.6 is 23.5 Å². The lowest BCUT2D eigenvalue weighted by molar-refractivity contribution is 0.624. The number of benzene rings is 1. The lowest BCUT2D eigenvalue weighted by atomic mass is 10.2. The lowest BCUT2D eigenvalue weighted by Gasteiger charge is -2.24. The van der Waals surface area contributed by atoms with Crippen LogP contribution in [-0.4, -0.2) is 12.4 Å². The molecule has 0 unspecified atom stereocenters. The normalized spacial score (nSPS) is 19.2. The number of fused-ring (bicyclic) bond motifs is 1. The molecule has 2 nitrogen and oxygen atoms in total. The van der Waals surface area contributed by atoms with Gasteiger partial charge in [-0.05, 0) is 25.0 Å². The lowest BCUT2D eigenvalue weighted by Crippen LogP contribution is -2.25. The molecule has 1 fully saturated rings. The van der Waals surface area contributed by atoms with Crippen molar-refractivity contribution >= 4 is 35.6 Å². The molecule has 15 heavy (non-hydrogen) atoms. The quantitative estimate of drug-likeness (QED) is 0.701. The Labute approximate surface area is 96.3 Å². The van der Waals surface area contributed by atoms with E-state index in [1.807, 2.05) is 0 Å². The van der Waals surface area contributed by atoms with E-state index in [9.17, 15) is 4.39 Å². The van der Waals surface area contributed by atoms with Gasteiger partial charge in [-0.2, -0.15) is 0 Å². The van der Waals surface area contributed by atoms with E-state index in [2.05, 4.69) is 9.30 Å². The number of rotatable bonds is 1. The van der Waals surface area contributed by atoms with Crippen molar-refractivity contribution in [2.45, 2.75) is 23.8 Å². The monoisotopic (exact) mass is 242 g/mol. The standard InChI is InChI=1S/C10H8ClFN2S/c11-7-3-9-10(4-8(7)12)15-13-5-14(9)6-1-2-6/h3-6H,1-2H2. The van der Waals surface area contributed by atoms with Crippen LogP contribution in [0.3, 0.4) is 0 Å². The molecule has 1 aliphatic carbocycles. The van der Waals surface area contributed by atoms with Crippen LogP contribution in [0.1, 0.15) is 12.8 Å². The number of halogens is 2. The summed E-state index contributed by atoms with van der Waals surface area (Å²) in [4.78, 5) is 2.92. The minimum Gasteiger partial charge on any atom is -0.328 e. The van der Waals surface area contributed by atoms with Crippen molar-refractivity contribution in [2.24, 2.45) is 4.40 Å². The van der Waals surface area contributed by atoms with Gasteiger partial charge in [0, 0.05) is 18.0 Å². The second-order valence-corrected chi connectivity index (χ2v) is 4.93. The summed E-state index contributed by atoms with van der Waals surface area (Å²) in [6, 6.07) is 3.66. The van der Waals surface area contributed by atoms with Crippen molar-refractivity contribution in [1.82, 2.24) is 0 Å². The van der Waals surface area contributed by atoms with Crippen LogP contribution in [0.25, 0.3) is 0 Å². The smallest absolute Gasteiger partial charge is 0.143 e. The highest BCUT2D eigenvalue weighted by molar-refractivity contribution is 7.98. The van der Waals surface area contributed by atoms with Crippen LogP contribution < -0.4 is 4.90 Å². The molecule has 0 spiro atoms. The first kappa shape index (κ1) is 9.48. The van der Waals surface area contributed by atoms with Crippen molar-refractivity contribution in [3.05, 3.63) is 23.0 Å². The van der Waals surface area contributed by atoms with Gasteiger partial charge in [0.15, 0.2) is 0 Å². The second-order valence-electron chi connectivity index (χ2n) is 3.68. The third kappa shape index (κ3) is 1.62. The highest BCUT2D eigenvalue weighted by Crippen LogP contribution is 2.41. The third-order valence-electron chi connectivity index (χ3n) is 2.54. The van der Waals surface area contributed by atoms with Crippen molar-refractivity contribution in [3.63, 3.8) is 0 Å². The number of hydrogen-bond donors (Lipinski definition) is 0. The highest BCUT2D eigenvalue weighted by atomic mass is 35.5. The van der Waals surface area contributed by atoms with Gasteiger partial charge in [0.1, 0.15) is 12.2 Å². The first-order chi connectivity index (χ1) is 7.25. The maximum Gasteiger partial charge on any atom is 0.143 e. The molecule has 0 atom stereocenters. The Bertz CT molecular complexity index is 445. The predicted molar refractivity (Wildman–Crippen MR) is 61.3 cm³/mol. The molecule has 78 valence electrons. The van der Waals surface area contributed by atoms with E-state index in [0.717, 1.165) is 10.6 Å². The fraction of sp³-hybridized carbons (Fsp3) is 0.300. The van der Waals surface area contributed by atoms with Gasteiger partial charge < -0.3 is 4.90 Å². The fourth-order valence-electron chi connectivity index (χ4n) is 1.63. The number of hydrogen-bond acceptors (Lipinski definition) is 3. The Balaban J connectivity index is 2.08. The van der Waals surface area contributed by atoms with Gasteiger partial charge in [0.25, 0.3) is 0 Å². The van der Waals surface area contributed by atoms with Gasteiger partial charge in [0.05, 0.1) is 15.6 Å². The largest absolute Gasteiger partial charge is 0.328 e. The minimum atomic E-state index is -0.379. The van der Waals surface area contributed by atoms with E-state index in [1.54, 1.807) is 12.4 Å². The van der Waals surface area contributed by atoms with E-state index < -0.39 is 0 Å². The van der Waals surface area contributed by atoms with E-state index >= 15 is 0 Å². The predicted octanol–water partition coefficient (Wildman–Crippen LogP) is 3.50. The van der Waals surface area contributed by atoms with Gasteiger partial charge >= 0.3 is 0 Å². The molecule has 1 heterocycles. The Morgan fingerprint density at radius 3 is 3.00 bits per heavy atom. The van der Waals surface area contributed by atoms with Gasteiger partial charge in [0.2, 0.25) is 0 Å². The summed E-state index contributed by atoms with van der Waals surface area (Å²) in [5, 5.41) is 0.176. The molecule has 1 aliphatic heterocycles. The Kier molecular flexibility index (Phi) is 2.14. The maximum atomic E-state index is 13.2. The molecule has 0 radical (unpaired) electrons. The van der Waals surface area contributed by atoms with E-state index in [-0.39, 0.29) is 10.8 Å². The summed E-state index contributed by atoms with van der Waals surface area (Å²) in [5.74, 6) is -0.379. The number of nitrogens with zero attached hydrogens (tertiary/aromatic N) is 2. The first-order valence-corrected chi connectivity index (χ1v) is 5.89. The van der Waals surface area contributed by atoms with Gasteiger partial charge in [-0.3, -0.25) is 0 Å². The van der Waals surface area contributed by atoms with E-state index in [0.29, 0.717) is 6.04 Å². The molecule has 1 aromatic rings. The van der Waals surface area contributed by atoms with Gasteiger partial charge in [-0.1, -0.05) is 11.6 Å². The van der Waals surface area contributed by atoms with Crippen LogP contribution in [0.5, 0.6) is 0 Å². The molecule has 0 N–H and O–H groups in total. The summed E-state index contributed by atoms with van der Waals surface area (Å²) in [6.45, 7) is 0. The average molecular weight is 243 g/mol. The highest BCUT2D eigenvalue weighted by Gasteiger charge is 2.31. The summed E-state index contributed by atoms with van der Waals surface area (Å²) >= 11 is 7.07. The number of anilines is 1. The zero-order chi connectivity index (χ0) is 10.4. The van der Waals surface area contributed by atoms with Crippen molar-refractivity contribution in [3.8, 4) is 0 Å². The van der Waals surface area contributed by atoms with Crippen LogP contribution in [0.2, 0.25) is 5.02 Å². The second kappa shape index (κ2) is 3.39. The zero-order valence-electron chi connectivity index (χ0n) is 7.78.